The molecule has 126 valence electrons. The molecule has 2 aliphatic rings. The third kappa shape index (κ3) is 4.37. The number of carbonyl (C=O) groups is 1. The Kier molecular flexibility index (Phi) is 5.41. The van der Waals surface area contributed by atoms with Gasteiger partial charge >= 0.3 is 6.03 Å². The van der Waals surface area contributed by atoms with E-state index in [1.54, 1.807) is 6.07 Å². The molecule has 3 rings (SSSR count). The molecular weight excluding hydrogens is 314 g/mol. The molecule has 0 spiro atoms. The van der Waals surface area contributed by atoms with Crippen LogP contribution in [0, 0.1) is 6.92 Å². The minimum Gasteiger partial charge on any atom is -0.377 e. The fourth-order valence-corrected chi connectivity index (χ4v) is 3.26. The number of nitrogens with one attached hydrogen (secondary N) is 1. The van der Waals surface area contributed by atoms with Gasteiger partial charge in [-0.05, 0) is 37.5 Å². The zero-order chi connectivity index (χ0) is 16.2. The topological polar surface area (TPSA) is 44.8 Å². The van der Waals surface area contributed by atoms with Crippen molar-refractivity contribution in [2.45, 2.75) is 25.9 Å². The maximum Gasteiger partial charge on any atom is 0.321 e. The summed E-state index contributed by atoms with van der Waals surface area (Å²) in [6.07, 6.45) is 2.71. The molecular formula is C17H24ClN3O2. The molecule has 1 atom stereocenters. The zero-order valence-corrected chi connectivity index (χ0v) is 14.3. The molecule has 0 bridgehead atoms. The summed E-state index contributed by atoms with van der Waals surface area (Å²) in [6.45, 7) is 7.14. The number of benzene rings is 1. The number of amides is 2. The van der Waals surface area contributed by atoms with Crippen molar-refractivity contribution in [2.24, 2.45) is 0 Å². The van der Waals surface area contributed by atoms with E-state index in [0.717, 1.165) is 57.0 Å². The molecule has 5 nitrogen and oxygen atoms in total. The molecule has 2 heterocycles. The van der Waals surface area contributed by atoms with Gasteiger partial charge in [0.05, 0.1) is 6.10 Å². The van der Waals surface area contributed by atoms with E-state index in [-0.39, 0.29) is 6.03 Å². The van der Waals surface area contributed by atoms with Crippen molar-refractivity contribution >= 4 is 23.3 Å². The summed E-state index contributed by atoms with van der Waals surface area (Å²) in [5, 5.41) is 3.60. The van der Waals surface area contributed by atoms with Crippen molar-refractivity contribution in [3.63, 3.8) is 0 Å². The number of nitrogens with zero attached hydrogens (tertiary/aromatic N) is 2. The standard InChI is InChI=1S/C17H24ClN3O2/c1-13-4-5-14(11-16(13)18)19-17(22)21-8-6-20(7-9-21)12-15-3-2-10-23-15/h4-5,11,15H,2-3,6-10,12H2,1H3,(H,19,22)/t15-/m0/s1. The van der Waals surface area contributed by atoms with Crippen molar-refractivity contribution < 1.29 is 9.53 Å². The fourth-order valence-electron chi connectivity index (χ4n) is 3.08. The molecule has 0 aromatic heterocycles. The van der Waals surface area contributed by atoms with Crippen molar-refractivity contribution in [1.82, 2.24) is 9.80 Å². The summed E-state index contributed by atoms with van der Waals surface area (Å²) in [7, 11) is 0. The SMILES string of the molecule is Cc1ccc(NC(=O)N2CCN(C[C@@H]3CCCO3)CC2)cc1Cl. The fraction of sp³-hybridized carbons (Fsp3) is 0.588. The average molecular weight is 338 g/mol. The Hall–Kier alpha value is -1.30. The van der Waals surface area contributed by atoms with Gasteiger partial charge in [0.15, 0.2) is 0 Å². The second kappa shape index (κ2) is 7.51. The first-order valence-corrected chi connectivity index (χ1v) is 8.65. The van der Waals surface area contributed by atoms with E-state index in [4.69, 9.17) is 16.3 Å². The Labute approximate surface area is 142 Å². The molecule has 0 aliphatic carbocycles. The highest BCUT2D eigenvalue weighted by atomic mass is 35.5. The Morgan fingerprint density at radius 2 is 2.13 bits per heavy atom. The molecule has 2 aliphatic heterocycles. The van der Waals surface area contributed by atoms with Gasteiger partial charge in [-0.1, -0.05) is 17.7 Å². The van der Waals surface area contributed by atoms with Crippen LogP contribution >= 0.6 is 11.6 Å². The van der Waals surface area contributed by atoms with Crippen LogP contribution in [0.4, 0.5) is 10.5 Å². The molecule has 0 radical (unpaired) electrons. The lowest BCUT2D eigenvalue weighted by atomic mass is 10.2. The first kappa shape index (κ1) is 16.6. The Bertz CT molecular complexity index is 553. The van der Waals surface area contributed by atoms with Gasteiger partial charge in [0.1, 0.15) is 0 Å². The van der Waals surface area contributed by atoms with Crippen LogP contribution in [0.2, 0.25) is 5.02 Å². The van der Waals surface area contributed by atoms with Crippen LogP contribution in [-0.4, -0.2) is 61.3 Å². The first-order chi connectivity index (χ1) is 11.1. The smallest absolute Gasteiger partial charge is 0.321 e. The van der Waals surface area contributed by atoms with Gasteiger partial charge < -0.3 is 15.0 Å². The average Bonchev–Trinajstić information content (AvgIpc) is 3.04. The number of rotatable bonds is 3. The van der Waals surface area contributed by atoms with E-state index in [0.29, 0.717) is 11.1 Å². The van der Waals surface area contributed by atoms with Crippen molar-refractivity contribution in [3.05, 3.63) is 28.8 Å². The van der Waals surface area contributed by atoms with Crippen LogP contribution < -0.4 is 5.32 Å². The number of hydrogen-bond acceptors (Lipinski definition) is 3. The molecule has 1 N–H and O–H groups in total. The molecule has 1 aromatic carbocycles. The highest BCUT2D eigenvalue weighted by Gasteiger charge is 2.24. The molecule has 0 saturated carbocycles. The Morgan fingerprint density at radius 1 is 1.35 bits per heavy atom. The van der Waals surface area contributed by atoms with Crippen molar-refractivity contribution in [1.29, 1.82) is 0 Å². The minimum atomic E-state index is -0.0540. The van der Waals surface area contributed by atoms with Gasteiger partial charge in [0.25, 0.3) is 0 Å². The van der Waals surface area contributed by atoms with Gasteiger partial charge in [0.2, 0.25) is 0 Å². The second-order valence-electron chi connectivity index (χ2n) is 6.32. The van der Waals surface area contributed by atoms with Crippen LogP contribution in [0.3, 0.4) is 0 Å². The predicted molar refractivity (Wildman–Crippen MR) is 92.2 cm³/mol. The lowest BCUT2D eigenvalue weighted by Gasteiger charge is -2.35. The number of carbonyl (C=O) groups excluding carboxylic acids is 1. The summed E-state index contributed by atoms with van der Waals surface area (Å²) in [4.78, 5) is 16.6. The van der Waals surface area contributed by atoms with Crippen LogP contribution in [0.1, 0.15) is 18.4 Å². The van der Waals surface area contributed by atoms with E-state index < -0.39 is 0 Å². The van der Waals surface area contributed by atoms with Gasteiger partial charge in [-0.3, -0.25) is 4.90 Å². The molecule has 23 heavy (non-hydrogen) atoms. The van der Waals surface area contributed by atoms with Crippen molar-refractivity contribution in [2.75, 3.05) is 44.6 Å². The maximum absolute atomic E-state index is 12.3. The quantitative estimate of drug-likeness (QED) is 0.922. The van der Waals surface area contributed by atoms with E-state index in [1.165, 1.54) is 6.42 Å². The second-order valence-corrected chi connectivity index (χ2v) is 6.72. The van der Waals surface area contributed by atoms with Gasteiger partial charge in [0, 0.05) is 50.0 Å². The summed E-state index contributed by atoms with van der Waals surface area (Å²) in [5.74, 6) is 0. The summed E-state index contributed by atoms with van der Waals surface area (Å²) in [6, 6.07) is 5.54. The van der Waals surface area contributed by atoms with Crippen LogP contribution in [-0.2, 0) is 4.74 Å². The number of piperazine rings is 1. The monoisotopic (exact) mass is 337 g/mol. The number of aryl methyl sites for hydroxylation is 1. The summed E-state index contributed by atoms with van der Waals surface area (Å²) in [5.41, 5.74) is 1.75. The lowest BCUT2D eigenvalue weighted by molar-refractivity contribution is 0.0572. The number of ether oxygens (including phenoxy) is 1. The normalized spacial score (nSPS) is 22.3. The summed E-state index contributed by atoms with van der Waals surface area (Å²) >= 11 is 6.10. The molecule has 1 aromatic rings. The first-order valence-electron chi connectivity index (χ1n) is 8.28. The van der Waals surface area contributed by atoms with Crippen LogP contribution in [0.5, 0.6) is 0 Å². The van der Waals surface area contributed by atoms with E-state index in [9.17, 15) is 4.79 Å². The maximum atomic E-state index is 12.3. The summed E-state index contributed by atoms with van der Waals surface area (Å²) < 4.78 is 5.68. The Morgan fingerprint density at radius 3 is 2.78 bits per heavy atom. The zero-order valence-electron chi connectivity index (χ0n) is 13.6. The highest BCUT2D eigenvalue weighted by Crippen LogP contribution is 2.20. The van der Waals surface area contributed by atoms with E-state index >= 15 is 0 Å². The van der Waals surface area contributed by atoms with E-state index in [2.05, 4.69) is 10.2 Å². The predicted octanol–water partition coefficient (Wildman–Crippen LogP) is 2.98. The van der Waals surface area contributed by atoms with Crippen LogP contribution in [0.25, 0.3) is 0 Å². The highest BCUT2D eigenvalue weighted by molar-refractivity contribution is 6.31. The molecule has 2 amide bonds. The number of halogens is 1. The Balaban J connectivity index is 1.46. The number of hydrogen-bond donors (Lipinski definition) is 1. The van der Waals surface area contributed by atoms with Crippen molar-refractivity contribution in [3.8, 4) is 0 Å². The third-order valence-electron chi connectivity index (χ3n) is 4.57. The number of urea groups is 1. The van der Waals surface area contributed by atoms with E-state index in [1.807, 2.05) is 24.0 Å². The minimum absolute atomic E-state index is 0.0540. The molecule has 0 unspecified atom stereocenters. The van der Waals surface area contributed by atoms with Gasteiger partial charge in [-0.15, -0.1) is 0 Å². The molecule has 2 fully saturated rings. The van der Waals surface area contributed by atoms with Gasteiger partial charge in [-0.2, -0.15) is 0 Å². The lowest BCUT2D eigenvalue weighted by Crippen LogP contribution is -2.51. The molecule has 6 heteroatoms. The molecule has 2 saturated heterocycles. The third-order valence-corrected chi connectivity index (χ3v) is 4.98. The van der Waals surface area contributed by atoms with Crippen LogP contribution in [0.15, 0.2) is 18.2 Å². The number of anilines is 1. The van der Waals surface area contributed by atoms with Gasteiger partial charge in [-0.25, -0.2) is 4.79 Å². The largest absolute Gasteiger partial charge is 0.377 e.